The van der Waals surface area contributed by atoms with E-state index in [2.05, 4.69) is 20.2 Å². The largest absolute Gasteiger partial charge is 0.340 e. The molecule has 4 rings (SSSR count). The number of piperidine rings is 1. The Balaban J connectivity index is 1.23. The number of rotatable bonds is 6. The number of halogens is 1. The second-order valence-corrected chi connectivity index (χ2v) is 7.30. The zero-order valence-corrected chi connectivity index (χ0v) is 14.9. The van der Waals surface area contributed by atoms with Crippen LogP contribution in [-0.4, -0.2) is 40.7 Å². The molecule has 1 aromatic carbocycles. The zero-order chi connectivity index (χ0) is 18.1. The van der Waals surface area contributed by atoms with E-state index in [1.54, 1.807) is 5.48 Å². The number of anilines is 1. The summed E-state index contributed by atoms with van der Waals surface area (Å²) in [5.74, 6) is 2.10. The van der Waals surface area contributed by atoms with Gasteiger partial charge < -0.3 is 10.2 Å². The van der Waals surface area contributed by atoms with E-state index >= 15 is 0 Å². The van der Waals surface area contributed by atoms with E-state index in [-0.39, 0.29) is 5.56 Å². The van der Waals surface area contributed by atoms with Crippen LogP contribution in [0.25, 0.3) is 0 Å². The summed E-state index contributed by atoms with van der Waals surface area (Å²) >= 11 is 5.90. The Morgan fingerprint density at radius 1 is 1.19 bits per heavy atom. The highest BCUT2D eigenvalue weighted by Gasteiger charge is 2.55. The molecule has 2 aromatic rings. The van der Waals surface area contributed by atoms with Crippen molar-refractivity contribution in [2.45, 2.75) is 6.54 Å². The molecule has 1 aliphatic heterocycles. The van der Waals surface area contributed by atoms with Gasteiger partial charge in [0.25, 0.3) is 5.91 Å². The number of aromatic nitrogens is 2. The van der Waals surface area contributed by atoms with Gasteiger partial charge in [-0.25, -0.2) is 15.4 Å². The fourth-order valence-electron chi connectivity index (χ4n) is 3.77. The molecule has 3 N–H and O–H groups in total. The summed E-state index contributed by atoms with van der Waals surface area (Å²) in [5.41, 5.74) is 3.06. The number of hydrogen-bond donors (Lipinski definition) is 3. The average Bonchev–Trinajstić information content (AvgIpc) is 3.12. The van der Waals surface area contributed by atoms with Crippen LogP contribution in [0.5, 0.6) is 0 Å². The van der Waals surface area contributed by atoms with Gasteiger partial charge in [-0.05, 0) is 42.0 Å². The summed E-state index contributed by atoms with van der Waals surface area (Å²) in [4.78, 5) is 21.9. The highest BCUT2D eigenvalue weighted by atomic mass is 35.5. The molecule has 1 aliphatic carbocycles. The lowest BCUT2D eigenvalue weighted by Crippen LogP contribution is -2.29. The Kier molecular flexibility index (Phi) is 4.76. The quantitative estimate of drug-likeness (QED) is 0.527. The van der Waals surface area contributed by atoms with Crippen LogP contribution in [0, 0.1) is 17.8 Å². The molecular weight excluding hydrogens is 354 g/mol. The third-order valence-electron chi connectivity index (χ3n) is 5.28. The van der Waals surface area contributed by atoms with Gasteiger partial charge in [0.1, 0.15) is 0 Å². The molecule has 136 valence electrons. The summed E-state index contributed by atoms with van der Waals surface area (Å²) in [7, 11) is 0. The van der Waals surface area contributed by atoms with Crippen LogP contribution < -0.4 is 15.7 Å². The fraction of sp³-hybridized carbons (Fsp3) is 0.389. The number of amides is 1. The van der Waals surface area contributed by atoms with Crippen molar-refractivity contribution in [3.05, 3.63) is 52.8 Å². The zero-order valence-electron chi connectivity index (χ0n) is 14.1. The van der Waals surface area contributed by atoms with Crippen molar-refractivity contribution in [2.24, 2.45) is 17.8 Å². The molecule has 1 amide bonds. The van der Waals surface area contributed by atoms with E-state index in [1.165, 1.54) is 18.0 Å². The number of hydrogen-bond acceptors (Lipinski definition) is 6. The summed E-state index contributed by atoms with van der Waals surface area (Å²) in [6, 6.07) is 7.92. The van der Waals surface area contributed by atoms with Gasteiger partial charge in [0.05, 0.1) is 5.56 Å². The minimum Gasteiger partial charge on any atom is -0.340 e. The molecule has 0 spiro atoms. The molecule has 26 heavy (non-hydrogen) atoms. The van der Waals surface area contributed by atoms with Crippen molar-refractivity contribution >= 4 is 23.5 Å². The molecule has 2 fully saturated rings. The first-order valence-electron chi connectivity index (χ1n) is 8.62. The highest BCUT2D eigenvalue weighted by Crippen LogP contribution is 2.51. The lowest BCUT2D eigenvalue weighted by atomic mass is 10.2. The second-order valence-electron chi connectivity index (χ2n) is 6.87. The molecule has 2 unspecified atom stereocenters. The van der Waals surface area contributed by atoms with Crippen LogP contribution in [0.4, 0.5) is 5.95 Å². The van der Waals surface area contributed by atoms with Gasteiger partial charge in [0, 0.05) is 37.1 Å². The Hall–Kier alpha value is -2.22. The third kappa shape index (κ3) is 3.51. The molecule has 2 aliphatic rings. The number of nitrogens with one attached hydrogen (secondary N) is 2. The van der Waals surface area contributed by atoms with E-state index < -0.39 is 5.91 Å². The van der Waals surface area contributed by atoms with Gasteiger partial charge >= 0.3 is 0 Å². The molecule has 1 aromatic heterocycles. The maximum atomic E-state index is 11.3. The first-order valence-corrected chi connectivity index (χ1v) is 9.00. The van der Waals surface area contributed by atoms with E-state index in [0.29, 0.717) is 23.7 Å². The first kappa shape index (κ1) is 17.2. The SMILES string of the molecule is O=C(NO)c1cnc(N2CC3C(CNCc4ccc(Cl)cc4)C3C2)nc1. The van der Waals surface area contributed by atoms with Crippen molar-refractivity contribution in [1.29, 1.82) is 0 Å². The van der Waals surface area contributed by atoms with Crippen LogP contribution in [-0.2, 0) is 6.54 Å². The van der Waals surface area contributed by atoms with Gasteiger partial charge in [0.15, 0.2) is 0 Å². The predicted octanol–water partition coefficient (Wildman–Crippen LogP) is 1.72. The number of hydroxylamine groups is 1. The molecular formula is C18H20ClN5O2. The van der Waals surface area contributed by atoms with E-state index in [1.807, 2.05) is 24.3 Å². The first-order chi connectivity index (χ1) is 12.7. The lowest BCUT2D eigenvalue weighted by molar-refractivity contribution is 0.0705. The van der Waals surface area contributed by atoms with Gasteiger partial charge in [0.2, 0.25) is 5.95 Å². The topological polar surface area (TPSA) is 90.4 Å². The molecule has 8 heteroatoms. The van der Waals surface area contributed by atoms with Gasteiger partial charge in [-0.15, -0.1) is 0 Å². The van der Waals surface area contributed by atoms with Crippen LogP contribution in [0.15, 0.2) is 36.7 Å². The normalized spacial score (nSPS) is 23.6. The smallest absolute Gasteiger partial charge is 0.277 e. The van der Waals surface area contributed by atoms with Crippen LogP contribution in [0.3, 0.4) is 0 Å². The second kappa shape index (κ2) is 7.19. The van der Waals surface area contributed by atoms with E-state index in [9.17, 15) is 4.79 Å². The highest BCUT2D eigenvalue weighted by molar-refractivity contribution is 6.30. The summed E-state index contributed by atoms with van der Waals surface area (Å²) in [6.45, 7) is 3.77. The molecule has 0 bridgehead atoms. The Morgan fingerprint density at radius 2 is 1.85 bits per heavy atom. The monoisotopic (exact) mass is 373 g/mol. The molecule has 7 nitrogen and oxygen atoms in total. The molecule has 2 heterocycles. The van der Waals surface area contributed by atoms with Crippen molar-refractivity contribution < 1.29 is 10.0 Å². The maximum Gasteiger partial charge on any atom is 0.277 e. The van der Waals surface area contributed by atoms with Crippen molar-refractivity contribution in [3.8, 4) is 0 Å². The standard InChI is InChI=1S/C18H20ClN5O2/c19-13-3-1-11(2-4-13)5-20-8-14-15-9-24(10-16(14)15)18-21-6-12(7-22-18)17(25)23-26/h1-4,6-7,14-16,20,26H,5,8-10H2,(H,23,25). The Bertz CT molecular complexity index is 771. The molecule has 1 saturated heterocycles. The van der Waals surface area contributed by atoms with Crippen LogP contribution in [0.1, 0.15) is 15.9 Å². The minimum absolute atomic E-state index is 0.241. The van der Waals surface area contributed by atoms with Crippen LogP contribution in [0.2, 0.25) is 5.02 Å². The van der Waals surface area contributed by atoms with E-state index in [0.717, 1.165) is 31.2 Å². The predicted molar refractivity (Wildman–Crippen MR) is 97.1 cm³/mol. The molecule has 2 atom stereocenters. The van der Waals surface area contributed by atoms with Crippen LogP contribution >= 0.6 is 11.6 Å². The Labute approximate surface area is 156 Å². The average molecular weight is 374 g/mol. The number of nitrogens with zero attached hydrogens (tertiary/aromatic N) is 3. The summed E-state index contributed by atoms with van der Waals surface area (Å²) < 4.78 is 0. The minimum atomic E-state index is -0.604. The van der Waals surface area contributed by atoms with Gasteiger partial charge in [-0.3, -0.25) is 10.0 Å². The lowest BCUT2D eigenvalue weighted by Gasteiger charge is -2.19. The summed E-state index contributed by atoms with van der Waals surface area (Å²) in [5, 5.41) is 12.9. The van der Waals surface area contributed by atoms with E-state index in [4.69, 9.17) is 16.8 Å². The van der Waals surface area contributed by atoms with Gasteiger partial charge in [-0.1, -0.05) is 23.7 Å². The summed E-state index contributed by atoms with van der Waals surface area (Å²) in [6.07, 6.45) is 2.87. The number of benzene rings is 1. The number of carbonyl (C=O) groups is 1. The molecule has 0 radical (unpaired) electrons. The fourth-order valence-corrected chi connectivity index (χ4v) is 3.89. The van der Waals surface area contributed by atoms with Crippen molar-refractivity contribution in [2.75, 3.05) is 24.5 Å². The third-order valence-corrected chi connectivity index (χ3v) is 5.53. The number of fused-ring (bicyclic) bond motifs is 1. The van der Waals surface area contributed by atoms with Crippen molar-refractivity contribution in [1.82, 2.24) is 20.8 Å². The van der Waals surface area contributed by atoms with Gasteiger partial charge in [-0.2, -0.15) is 0 Å². The number of carbonyl (C=O) groups excluding carboxylic acids is 1. The van der Waals surface area contributed by atoms with Crippen molar-refractivity contribution in [3.63, 3.8) is 0 Å². The Morgan fingerprint density at radius 3 is 2.46 bits per heavy atom. The maximum absolute atomic E-state index is 11.3. The molecule has 1 saturated carbocycles.